The van der Waals surface area contributed by atoms with Gasteiger partial charge in [0.15, 0.2) is 0 Å². The first-order valence-electron chi connectivity index (χ1n) is 6.40. The first-order valence-corrected chi connectivity index (χ1v) is 6.40. The predicted molar refractivity (Wildman–Crippen MR) is 65.7 cm³/mol. The fourth-order valence-corrected chi connectivity index (χ4v) is 2.25. The molecule has 5 heteroatoms. The highest BCUT2D eigenvalue weighted by molar-refractivity contribution is 4.73. The van der Waals surface area contributed by atoms with Gasteiger partial charge in [0.25, 0.3) is 0 Å². The van der Waals surface area contributed by atoms with E-state index in [1.54, 1.807) is 12.7 Å². The van der Waals surface area contributed by atoms with Gasteiger partial charge in [-0.1, -0.05) is 13.8 Å². The van der Waals surface area contributed by atoms with Crippen molar-refractivity contribution in [3.8, 4) is 0 Å². The van der Waals surface area contributed by atoms with Crippen molar-refractivity contribution in [3.63, 3.8) is 0 Å². The van der Waals surface area contributed by atoms with Crippen molar-refractivity contribution < 1.29 is 4.74 Å². The molecule has 0 saturated carbocycles. The number of rotatable bonds is 5. The SMILES string of the molecule is CC(C)CC1CN(CCn2cnnc2)CCO1. The van der Waals surface area contributed by atoms with E-state index in [0.29, 0.717) is 12.0 Å². The summed E-state index contributed by atoms with van der Waals surface area (Å²) in [4.78, 5) is 2.47. The highest BCUT2D eigenvalue weighted by Crippen LogP contribution is 2.13. The van der Waals surface area contributed by atoms with Gasteiger partial charge in [-0.2, -0.15) is 0 Å². The second kappa shape index (κ2) is 6.12. The maximum absolute atomic E-state index is 5.78. The Morgan fingerprint density at radius 2 is 2.06 bits per heavy atom. The monoisotopic (exact) mass is 238 g/mol. The smallest absolute Gasteiger partial charge is 0.119 e. The third kappa shape index (κ3) is 4.09. The van der Waals surface area contributed by atoms with Gasteiger partial charge in [-0.25, -0.2) is 0 Å². The van der Waals surface area contributed by atoms with Gasteiger partial charge < -0.3 is 9.30 Å². The summed E-state index contributed by atoms with van der Waals surface area (Å²) in [5, 5.41) is 7.62. The maximum Gasteiger partial charge on any atom is 0.119 e. The minimum absolute atomic E-state index is 0.407. The van der Waals surface area contributed by atoms with Crippen LogP contribution in [0.2, 0.25) is 0 Å². The molecule has 17 heavy (non-hydrogen) atoms. The molecule has 2 heterocycles. The van der Waals surface area contributed by atoms with Crippen molar-refractivity contribution in [2.75, 3.05) is 26.2 Å². The number of hydrogen-bond donors (Lipinski definition) is 0. The first kappa shape index (κ1) is 12.5. The Kier molecular flexibility index (Phi) is 4.50. The summed E-state index contributed by atoms with van der Waals surface area (Å²) < 4.78 is 7.80. The molecule has 0 aliphatic carbocycles. The second-order valence-corrected chi connectivity index (χ2v) is 5.12. The predicted octanol–water partition coefficient (Wildman–Crippen LogP) is 1.02. The Balaban J connectivity index is 1.73. The van der Waals surface area contributed by atoms with E-state index in [9.17, 15) is 0 Å². The lowest BCUT2D eigenvalue weighted by Gasteiger charge is -2.33. The molecule has 0 N–H and O–H groups in total. The highest BCUT2D eigenvalue weighted by atomic mass is 16.5. The second-order valence-electron chi connectivity index (χ2n) is 5.12. The van der Waals surface area contributed by atoms with Crippen LogP contribution in [-0.2, 0) is 11.3 Å². The molecule has 1 aliphatic heterocycles. The zero-order chi connectivity index (χ0) is 12.1. The van der Waals surface area contributed by atoms with E-state index < -0.39 is 0 Å². The van der Waals surface area contributed by atoms with Crippen LogP contribution in [0.15, 0.2) is 12.7 Å². The largest absolute Gasteiger partial charge is 0.376 e. The van der Waals surface area contributed by atoms with E-state index in [0.717, 1.165) is 39.2 Å². The Bertz CT molecular complexity index is 312. The van der Waals surface area contributed by atoms with Crippen molar-refractivity contribution >= 4 is 0 Å². The van der Waals surface area contributed by atoms with E-state index in [-0.39, 0.29) is 0 Å². The zero-order valence-corrected chi connectivity index (χ0v) is 10.7. The van der Waals surface area contributed by atoms with E-state index >= 15 is 0 Å². The molecular weight excluding hydrogens is 216 g/mol. The molecule has 5 nitrogen and oxygen atoms in total. The van der Waals surface area contributed by atoms with Gasteiger partial charge >= 0.3 is 0 Å². The van der Waals surface area contributed by atoms with Crippen LogP contribution in [-0.4, -0.2) is 52.0 Å². The number of hydrogen-bond acceptors (Lipinski definition) is 4. The van der Waals surface area contributed by atoms with Crippen LogP contribution in [0.3, 0.4) is 0 Å². The quantitative estimate of drug-likeness (QED) is 0.768. The van der Waals surface area contributed by atoms with Crippen LogP contribution in [0.1, 0.15) is 20.3 Å². The molecule has 1 fully saturated rings. The number of aromatic nitrogens is 3. The van der Waals surface area contributed by atoms with E-state index in [1.165, 1.54) is 0 Å². The molecule has 1 saturated heterocycles. The topological polar surface area (TPSA) is 43.2 Å². The fourth-order valence-electron chi connectivity index (χ4n) is 2.25. The molecule has 0 spiro atoms. The number of nitrogens with zero attached hydrogens (tertiary/aromatic N) is 4. The molecule has 0 bridgehead atoms. The van der Waals surface area contributed by atoms with Crippen LogP contribution >= 0.6 is 0 Å². The molecule has 1 aliphatic rings. The summed E-state index contributed by atoms with van der Waals surface area (Å²) >= 11 is 0. The molecule has 1 aromatic rings. The van der Waals surface area contributed by atoms with Gasteiger partial charge in [-0.3, -0.25) is 4.90 Å². The van der Waals surface area contributed by atoms with Gasteiger partial charge in [-0.15, -0.1) is 10.2 Å². The standard InChI is InChI=1S/C12H22N4O/c1-11(2)7-12-8-15(5-6-17-12)3-4-16-9-13-14-10-16/h9-12H,3-8H2,1-2H3. The molecule has 2 rings (SSSR count). The molecule has 96 valence electrons. The van der Waals surface area contributed by atoms with Crippen molar-refractivity contribution in [1.29, 1.82) is 0 Å². The lowest BCUT2D eigenvalue weighted by Crippen LogP contribution is -2.44. The summed E-state index contributed by atoms with van der Waals surface area (Å²) in [6, 6.07) is 0. The van der Waals surface area contributed by atoms with Crippen LogP contribution in [0, 0.1) is 5.92 Å². The van der Waals surface area contributed by atoms with Gasteiger partial charge in [0, 0.05) is 26.2 Å². The zero-order valence-electron chi connectivity index (χ0n) is 10.7. The van der Waals surface area contributed by atoms with Crippen molar-refractivity contribution in [1.82, 2.24) is 19.7 Å². The van der Waals surface area contributed by atoms with Crippen molar-refractivity contribution in [3.05, 3.63) is 12.7 Å². The van der Waals surface area contributed by atoms with Gasteiger partial charge in [0.1, 0.15) is 12.7 Å². The Hall–Kier alpha value is -0.940. The van der Waals surface area contributed by atoms with E-state index in [1.807, 2.05) is 4.57 Å². The maximum atomic E-state index is 5.78. The Morgan fingerprint density at radius 1 is 1.29 bits per heavy atom. The summed E-state index contributed by atoms with van der Waals surface area (Å²) in [6.07, 6.45) is 5.10. The molecule has 0 radical (unpaired) electrons. The molecule has 0 amide bonds. The van der Waals surface area contributed by atoms with E-state index in [4.69, 9.17) is 4.74 Å². The lowest BCUT2D eigenvalue weighted by molar-refractivity contribution is -0.0380. The molecule has 1 unspecified atom stereocenters. The summed E-state index contributed by atoms with van der Waals surface area (Å²) in [5.41, 5.74) is 0. The molecule has 0 aromatic carbocycles. The lowest BCUT2D eigenvalue weighted by atomic mass is 10.0. The summed E-state index contributed by atoms with van der Waals surface area (Å²) in [6.45, 7) is 9.47. The van der Waals surface area contributed by atoms with Crippen molar-refractivity contribution in [2.45, 2.75) is 32.9 Å². The van der Waals surface area contributed by atoms with Gasteiger partial charge in [0.05, 0.1) is 12.7 Å². The average Bonchev–Trinajstić information content (AvgIpc) is 2.79. The van der Waals surface area contributed by atoms with Crippen LogP contribution in [0.25, 0.3) is 0 Å². The van der Waals surface area contributed by atoms with Gasteiger partial charge in [-0.05, 0) is 12.3 Å². The molecule has 1 aromatic heterocycles. The normalized spacial score (nSPS) is 22.2. The van der Waals surface area contributed by atoms with Crippen LogP contribution in [0.4, 0.5) is 0 Å². The third-order valence-corrected chi connectivity index (χ3v) is 3.10. The Morgan fingerprint density at radius 3 is 2.76 bits per heavy atom. The van der Waals surface area contributed by atoms with Crippen LogP contribution in [0.5, 0.6) is 0 Å². The number of morpholine rings is 1. The summed E-state index contributed by atoms with van der Waals surface area (Å²) in [7, 11) is 0. The molecular formula is C12H22N4O. The summed E-state index contributed by atoms with van der Waals surface area (Å²) in [5.74, 6) is 0.706. The Labute approximate surface area is 103 Å². The van der Waals surface area contributed by atoms with Gasteiger partial charge in [0.2, 0.25) is 0 Å². The average molecular weight is 238 g/mol. The number of ether oxygens (including phenoxy) is 1. The van der Waals surface area contributed by atoms with Crippen LogP contribution < -0.4 is 0 Å². The third-order valence-electron chi connectivity index (χ3n) is 3.10. The minimum Gasteiger partial charge on any atom is -0.376 e. The first-order chi connectivity index (χ1) is 8.24. The highest BCUT2D eigenvalue weighted by Gasteiger charge is 2.20. The van der Waals surface area contributed by atoms with E-state index in [2.05, 4.69) is 28.9 Å². The van der Waals surface area contributed by atoms with Crippen molar-refractivity contribution in [2.24, 2.45) is 5.92 Å². The minimum atomic E-state index is 0.407. The molecule has 1 atom stereocenters. The fraction of sp³-hybridized carbons (Fsp3) is 0.833.